The highest BCUT2D eigenvalue weighted by Gasteiger charge is 2.29. The summed E-state index contributed by atoms with van der Waals surface area (Å²) in [5, 5.41) is 12.2. The van der Waals surface area contributed by atoms with E-state index in [1.807, 2.05) is 0 Å². The number of likely N-dealkylation sites (tertiary alicyclic amines) is 1. The highest BCUT2D eigenvalue weighted by molar-refractivity contribution is 5.87. The zero-order chi connectivity index (χ0) is 14.7. The molecule has 1 aliphatic heterocycles. The van der Waals surface area contributed by atoms with Crippen LogP contribution in [-0.4, -0.2) is 24.5 Å². The number of hydrogen-bond donors (Lipinski definition) is 0. The van der Waals surface area contributed by atoms with Crippen LogP contribution in [0.15, 0.2) is 42.5 Å². The van der Waals surface area contributed by atoms with Crippen molar-refractivity contribution in [3.05, 3.63) is 48.0 Å². The van der Waals surface area contributed by atoms with Gasteiger partial charge in [0.1, 0.15) is 0 Å². The quantitative estimate of drug-likeness (QED) is 0.841. The highest BCUT2D eigenvalue weighted by atomic mass is 15.1. The lowest BCUT2D eigenvalue weighted by molar-refractivity contribution is 0.310. The number of hydrogen-bond acceptors (Lipinski definition) is 2. The van der Waals surface area contributed by atoms with Gasteiger partial charge in [-0.15, -0.1) is 0 Å². The van der Waals surface area contributed by atoms with Gasteiger partial charge in [0.25, 0.3) is 0 Å². The van der Waals surface area contributed by atoms with Crippen molar-refractivity contribution in [2.24, 2.45) is 0 Å². The Morgan fingerprint density at radius 1 is 1.10 bits per heavy atom. The van der Waals surface area contributed by atoms with Gasteiger partial charge in [0, 0.05) is 0 Å². The molecule has 0 saturated carbocycles. The Morgan fingerprint density at radius 3 is 2.57 bits per heavy atom. The summed E-state index contributed by atoms with van der Waals surface area (Å²) in [6, 6.07) is 17.3. The van der Waals surface area contributed by atoms with Crippen molar-refractivity contribution in [3.63, 3.8) is 0 Å². The van der Waals surface area contributed by atoms with Crippen molar-refractivity contribution in [2.75, 3.05) is 19.6 Å². The topological polar surface area (TPSA) is 27.0 Å². The normalized spacial score (nSPS) is 18.5. The number of rotatable bonds is 4. The molecule has 3 rings (SSSR count). The summed E-state index contributed by atoms with van der Waals surface area (Å²) in [6.45, 7) is 5.49. The van der Waals surface area contributed by atoms with Gasteiger partial charge in [-0.2, -0.15) is 5.26 Å². The largest absolute Gasteiger partial charge is 0.303 e. The van der Waals surface area contributed by atoms with E-state index in [0.717, 1.165) is 13.0 Å². The molecule has 108 valence electrons. The molecule has 0 aliphatic carbocycles. The van der Waals surface area contributed by atoms with E-state index in [4.69, 9.17) is 0 Å². The summed E-state index contributed by atoms with van der Waals surface area (Å²) in [5.74, 6) is 0. The number of nitrogens with zero attached hydrogens (tertiary/aromatic N) is 2. The van der Waals surface area contributed by atoms with Crippen molar-refractivity contribution >= 4 is 10.8 Å². The molecular weight excluding hydrogens is 256 g/mol. The molecule has 21 heavy (non-hydrogen) atoms. The molecule has 1 saturated heterocycles. The van der Waals surface area contributed by atoms with Gasteiger partial charge < -0.3 is 4.90 Å². The summed E-state index contributed by atoms with van der Waals surface area (Å²) in [4.78, 5) is 2.49. The molecule has 1 aliphatic rings. The fourth-order valence-corrected chi connectivity index (χ4v) is 3.35. The van der Waals surface area contributed by atoms with Crippen molar-refractivity contribution in [1.29, 1.82) is 5.26 Å². The smallest absolute Gasteiger partial charge is 0.0812 e. The molecule has 1 fully saturated rings. The molecule has 0 aromatic heterocycles. The Morgan fingerprint density at radius 2 is 1.81 bits per heavy atom. The van der Waals surface area contributed by atoms with Crippen LogP contribution in [0.25, 0.3) is 10.8 Å². The first-order valence-electron chi connectivity index (χ1n) is 7.85. The summed E-state index contributed by atoms with van der Waals surface area (Å²) in [6.07, 6.45) is 3.51. The maximum absolute atomic E-state index is 9.80. The van der Waals surface area contributed by atoms with Crippen LogP contribution >= 0.6 is 0 Å². The molecule has 0 unspecified atom stereocenters. The van der Waals surface area contributed by atoms with Crippen molar-refractivity contribution < 1.29 is 0 Å². The first-order chi connectivity index (χ1) is 10.2. The first kappa shape index (κ1) is 14.1. The number of benzene rings is 2. The molecule has 2 nitrogen and oxygen atoms in total. The molecule has 0 amide bonds. The van der Waals surface area contributed by atoms with Gasteiger partial charge in [-0.1, -0.05) is 42.5 Å². The van der Waals surface area contributed by atoms with Gasteiger partial charge in [0.15, 0.2) is 0 Å². The van der Waals surface area contributed by atoms with Crippen LogP contribution < -0.4 is 0 Å². The highest BCUT2D eigenvalue weighted by Crippen LogP contribution is 2.33. The third-order valence-corrected chi connectivity index (χ3v) is 4.76. The molecule has 1 heterocycles. The summed E-state index contributed by atoms with van der Waals surface area (Å²) in [7, 11) is 0. The molecule has 0 bridgehead atoms. The van der Waals surface area contributed by atoms with Crippen LogP contribution in [0, 0.1) is 11.3 Å². The van der Waals surface area contributed by atoms with E-state index in [9.17, 15) is 5.26 Å². The summed E-state index contributed by atoms with van der Waals surface area (Å²) >= 11 is 0. The van der Waals surface area contributed by atoms with Gasteiger partial charge in [-0.05, 0) is 62.2 Å². The molecule has 0 spiro atoms. The van der Waals surface area contributed by atoms with Gasteiger partial charge >= 0.3 is 0 Å². The molecule has 0 N–H and O–H groups in total. The number of fused-ring (bicyclic) bond motifs is 1. The lowest BCUT2D eigenvalue weighted by atomic mass is 9.78. The van der Waals surface area contributed by atoms with Crippen LogP contribution in [0.4, 0.5) is 0 Å². The second-order valence-electron chi connectivity index (χ2n) is 6.27. The van der Waals surface area contributed by atoms with Crippen LogP contribution in [0.3, 0.4) is 0 Å². The van der Waals surface area contributed by atoms with Gasteiger partial charge in [0.2, 0.25) is 0 Å². The predicted molar refractivity (Wildman–Crippen MR) is 87.2 cm³/mol. The summed E-state index contributed by atoms with van der Waals surface area (Å²) in [5.41, 5.74) is 0.756. The molecule has 0 radical (unpaired) electrons. The van der Waals surface area contributed by atoms with E-state index < -0.39 is 5.41 Å². The third kappa shape index (κ3) is 2.80. The van der Waals surface area contributed by atoms with E-state index in [1.165, 1.54) is 42.3 Å². The van der Waals surface area contributed by atoms with Gasteiger partial charge in [0.05, 0.1) is 11.5 Å². The molecule has 2 aromatic carbocycles. The molecule has 2 heteroatoms. The average Bonchev–Trinajstić information content (AvgIpc) is 3.05. The Labute approximate surface area is 127 Å². The maximum atomic E-state index is 9.80. The lowest BCUT2D eigenvalue weighted by Crippen LogP contribution is -2.29. The van der Waals surface area contributed by atoms with Crippen LogP contribution in [0.5, 0.6) is 0 Å². The van der Waals surface area contributed by atoms with E-state index in [1.54, 1.807) is 0 Å². The van der Waals surface area contributed by atoms with Crippen LogP contribution in [0.2, 0.25) is 0 Å². The Balaban J connectivity index is 1.91. The number of nitriles is 1. The van der Waals surface area contributed by atoms with Crippen LogP contribution in [0.1, 0.15) is 31.7 Å². The molecule has 1 atom stereocenters. The van der Waals surface area contributed by atoms with E-state index in [0.29, 0.717) is 0 Å². The van der Waals surface area contributed by atoms with E-state index >= 15 is 0 Å². The van der Waals surface area contributed by atoms with Gasteiger partial charge in [-0.3, -0.25) is 0 Å². The van der Waals surface area contributed by atoms with Crippen molar-refractivity contribution in [1.82, 2.24) is 4.90 Å². The van der Waals surface area contributed by atoms with E-state index in [2.05, 4.69) is 60.4 Å². The fourth-order valence-electron chi connectivity index (χ4n) is 3.35. The second kappa shape index (κ2) is 5.87. The minimum atomic E-state index is -0.413. The standard InChI is InChI=1S/C19H22N2/c1-19(15-20,11-14-21-12-4-5-13-21)18-10-6-8-16-7-2-3-9-17(16)18/h2-3,6-10H,4-5,11-14H2,1H3/t19-/m0/s1. The zero-order valence-corrected chi connectivity index (χ0v) is 12.7. The van der Waals surface area contributed by atoms with Crippen molar-refractivity contribution in [3.8, 4) is 6.07 Å². The van der Waals surface area contributed by atoms with E-state index in [-0.39, 0.29) is 0 Å². The predicted octanol–water partition coefficient (Wildman–Crippen LogP) is 4.11. The maximum Gasteiger partial charge on any atom is 0.0812 e. The molecular formula is C19H22N2. The van der Waals surface area contributed by atoms with Gasteiger partial charge in [-0.25, -0.2) is 0 Å². The lowest BCUT2D eigenvalue weighted by Gasteiger charge is -2.26. The third-order valence-electron chi connectivity index (χ3n) is 4.76. The second-order valence-corrected chi connectivity index (χ2v) is 6.27. The van der Waals surface area contributed by atoms with Crippen LogP contribution in [-0.2, 0) is 5.41 Å². The Bertz CT molecular complexity index is 659. The fraction of sp³-hybridized carbons (Fsp3) is 0.421. The first-order valence-corrected chi connectivity index (χ1v) is 7.85. The monoisotopic (exact) mass is 278 g/mol. The SMILES string of the molecule is C[C@@](C#N)(CCN1CCCC1)c1cccc2ccccc12. The minimum Gasteiger partial charge on any atom is -0.303 e. The minimum absolute atomic E-state index is 0.413. The summed E-state index contributed by atoms with van der Waals surface area (Å²) < 4.78 is 0. The Hall–Kier alpha value is -1.85. The molecule has 2 aromatic rings. The zero-order valence-electron chi connectivity index (χ0n) is 12.7. The Kier molecular flexibility index (Phi) is 3.94. The van der Waals surface area contributed by atoms with Crippen molar-refractivity contribution in [2.45, 2.75) is 31.6 Å². The average molecular weight is 278 g/mol.